The number of nitrogen functional groups attached to an aromatic ring is 1. The fourth-order valence-corrected chi connectivity index (χ4v) is 1.53. The minimum Gasteiger partial charge on any atom is -0.492 e. The number of carbonyl (C=O) groups excluding carboxylic acids is 2. The Kier molecular flexibility index (Phi) is 6.36. The number of hydrogen-bond acceptors (Lipinski definition) is 6. The molecule has 1 aromatic carbocycles. The van der Waals surface area contributed by atoms with Crippen molar-refractivity contribution >= 4 is 17.6 Å². The fraction of sp³-hybridized carbons (Fsp3) is 0.429. The number of esters is 2. The summed E-state index contributed by atoms with van der Waals surface area (Å²) >= 11 is 0. The summed E-state index contributed by atoms with van der Waals surface area (Å²) in [5.41, 5.74) is 6.50. The van der Waals surface area contributed by atoms with Crippen LogP contribution < -0.4 is 10.5 Å². The van der Waals surface area contributed by atoms with Gasteiger partial charge in [0.1, 0.15) is 5.75 Å². The molecule has 0 aliphatic heterocycles. The SMILES string of the molecule is CCOc1ccc(C(=O)OCCCC(=O)OC)cc1N. The van der Waals surface area contributed by atoms with E-state index >= 15 is 0 Å². The highest BCUT2D eigenvalue weighted by Crippen LogP contribution is 2.22. The Morgan fingerprint density at radius 3 is 2.65 bits per heavy atom. The molecule has 0 heterocycles. The van der Waals surface area contributed by atoms with Crippen LogP contribution in [-0.4, -0.2) is 32.3 Å². The van der Waals surface area contributed by atoms with Crippen molar-refractivity contribution in [3.05, 3.63) is 23.8 Å². The van der Waals surface area contributed by atoms with Gasteiger partial charge >= 0.3 is 11.9 Å². The van der Waals surface area contributed by atoms with Gasteiger partial charge in [0, 0.05) is 6.42 Å². The van der Waals surface area contributed by atoms with Crippen molar-refractivity contribution in [3.63, 3.8) is 0 Å². The molecular weight excluding hydrogens is 262 g/mol. The van der Waals surface area contributed by atoms with E-state index in [1.54, 1.807) is 12.1 Å². The van der Waals surface area contributed by atoms with Gasteiger partial charge in [-0.15, -0.1) is 0 Å². The first-order chi connectivity index (χ1) is 9.58. The smallest absolute Gasteiger partial charge is 0.338 e. The van der Waals surface area contributed by atoms with Gasteiger partial charge in [0.15, 0.2) is 0 Å². The van der Waals surface area contributed by atoms with E-state index in [1.807, 2.05) is 6.92 Å². The molecule has 1 aromatic rings. The maximum atomic E-state index is 11.7. The standard InChI is InChI=1S/C14H19NO5/c1-3-19-12-7-6-10(9-11(12)15)14(17)20-8-4-5-13(16)18-2/h6-7,9H,3-5,8,15H2,1-2H3. The van der Waals surface area contributed by atoms with E-state index < -0.39 is 5.97 Å². The van der Waals surface area contributed by atoms with Crippen LogP contribution in [0.15, 0.2) is 18.2 Å². The average Bonchev–Trinajstić information content (AvgIpc) is 2.45. The molecule has 20 heavy (non-hydrogen) atoms. The van der Waals surface area contributed by atoms with Crippen molar-refractivity contribution < 1.29 is 23.8 Å². The zero-order chi connectivity index (χ0) is 15.0. The molecule has 0 aliphatic carbocycles. The van der Waals surface area contributed by atoms with Gasteiger partial charge in [0.25, 0.3) is 0 Å². The Hall–Kier alpha value is -2.24. The largest absolute Gasteiger partial charge is 0.492 e. The Bertz CT molecular complexity index is 473. The lowest BCUT2D eigenvalue weighted by molar-refractivity contribution is -0.140. The molecule has 6 nitrogen and oxygen atoms in total. The summed E-state index contributed by atoms with van der Waals surface area (Å²) in [4.78, 5) is 22.6. The van der Waals surface area contributed by atoms with Gasteiger partial charge < -0.3 is 19.9 Å². The third kappa shape index (κ3) is 4.79. The quantitative estimate of drug-likeness (QED) is 0.465. The first-order valence-electron chi connectivity index (χ1n) is 6.34. The minimum atomic E-state index is -0.482. The molecule has 6 heteroatoms. The summed E-state index contributed by atoms with van der Waals surface area (Å²) in [6, 6.07) is 4.72. The third-order valence-corrected chi connectivity index (χ3v) is 2.53. The Morgan fingerprint density at radius 1 is 1.30 bits per heavy atom. The van der Waals surface area contributed by atoms with Crippen LogP contribution >= 0.6 is 0 Å². The molecule has 0 saturated heterocycles. The van der Waals surface area contributed by atoms with Gasteiger partial charge in [0.05, 0.1) is 31.6 Å². The van der Waals surface area contributed by atoms with Crippen LogP contribution in [-0.2, 0) is 14.3 Å². The van der Waals surface area contributed by atoms with E-state index in [4.69, 9.17) is 15.2 Å². The third-order valence-electron chi connectivity index (χ3n) is 2.53. The summed E-state index contributed by atoms with van der Waals surface area (Å²) in [6.07, 6.45) is 0.639. The predicted molar refractivity (Wildman–Crippen MR) is 73.6 cm³/mol. The van der Waals surface area contributed by atoms with E-state index in [-0.39, 0.29) is 19.0 Å². The van der Waals surface area contributed by atoms with Crippen molar-refractivity contribution in [1.82, 2.24) is 0 Å². The van der Waals surface area contributed by atoms with Crippen LogP contribution in [0.2, 0.25) is 0 Å². The van der Waals surface area contributed by atoms with Gasteiger partial charge in [-0.25, -0.2) is 4.79 Å². The monoisotopic (exact) mass is 281 g/mol. The highest BCUT2D eigenvalue weighted by Gasteiger charge is 2.10. The van der Waals surface area contributed by atoms with Gasteiger partial charge in [-0.05, 0) is 31.5 Å². The Labute approximate surface area is 117 Å². The molecular formula is C14H19NO5. The number of rotatable bonds is 7. The lowest BCUT2D eigenvalue weighted by atomic mass is 10.2. The van der Waals surface area contributed by atoms with Gasteiger partial charge in [-0.1, -0.05) is 0 Å². The molecule has 0 amide bonds. The molecule has 1 rings (SSSR count). The number of hydrogen-bond donors (Lipinski definition) is 1. The molecule has 0 spiro atoms. The van der Waals surface area contributed by atoms with Crippen LogP contribution in [0.4, 0.5) is 5.69 Å². The van der Waals surface area contributed by atoms with E-state index in [0.29, 0.717) is 30.0 Å². The van der Waals surface area contributed by atoms with Crippen LogP contribution in [0.3, 0.4) is 0 Å². The summed E-state index contributed by atoms with van der Waals surface area (Å²) in [6.45, 7) is 2.51. The number of benzene rings is 1. The molecule has 0 atom stereocenters. The first-order valence-corrected chi connectivity index (χ1v) is 6.34. The van der Waals surface area contributed by atoms with E-state index in [2.05, 4.69) is 4.74 Å². The highest BCUT2D eigenvalue weighted by atomic mass is 16.5. The van der Waals surface area contributed by atoms with Crippen LogP contribution in [0.1, 0.15) is 30.1 Å². The molecule has 0 aliphatic rings. The molecule has 0 saturated carbocycles. The molecule has 0 aromatic heterocycles. The van der Waals surface area contributed by atoms with Gasteiger partial charge in [-0.2, -0.15) is 0 Å². The second-order valence-corrected chi connectivity index (χ2v) is 4.00. The van der Waals surface area contributed by atoms with Crippen molar-refractivity contribution in [2.45, 2.75) is 19.8 Å². The predicted octanol–water partition coefficient (Wildman–Crippen LogP) is 1.78. The van der Waals surface area contributed by atoms with E-state index in [9.17, 15) is 9.59 Å². The van der Waals surface area contributed by atoms with Gasteiger partial charge in [0.2, 0.25) is 0 Å². The van der Waals surface area contributed by atoms with E-state index in [0.717, 1.165) is 0 Å². The Balaban J connectivity index is 2.47. The van der Waals surface area contributed by atoms with Crippen LogP contribution in [0, 0.1) is 0 Å². The summed E-state index contributed by atoms with van der Waals surface area (Å²) < 4.78 is 14.8. The number of anilines is 1. The maximum Gasteiger partial charge on any atom is 0.338 e. The number of carbonyl (C=O) groups is 2. The number of methoxy groups -OCH3 is 1. The molecule has 0 fully saturated rings. The molecule has 110 valence electrons. The van der Waals surface area contributed by atoms with E-state index in [1.165, 1.54) is 13.2 Å². The maximum absolute atomic E-state index is 11.7. The lowest BCUT2D eigenvalue weighted by Gasteiger charge is -2.09. The average molecular weight is 281 g/mol. The zero-order valence-corrected chi connectivity index (χ0v) is 11.7. The Morgan fingerprint density at radius 2 is 2.05 bits per heavy atom. The summed E-state index contributed by atoms with van der Waals surface area (Å²) in [5.74, 6) is -0.272. The second-order valence-electron chi connectivity index (χ2n) is 4.00. The topological polar surface area (TPSA) is 87.8 Å². The van der Waals surface area contributed by atoms with Crippen LogP contribution in [0.5, 0.6) is 5.75 Å². The molecule has 0 unspecified atom stereocenters. The zero-order valence-electron chi connectivity index (χ0n) is 11.7. The minimum absolute atomic E-state index is 0.154. The molecule has 0 radical (unpaired) electrons. The second kappa shape index (κ2) is 8.04. The summed E-state index contributed by atoms with van der Waals surface area (Å²) in [7, 11) is 1.32. The summed E-state index contributed by atoms with van der Waals surface area (Å²) in [5, 5.41) is 0. The van der Waals surface area contributed by atoms with Crippen LogP contribution in [0.25, 0.3) is 0 Å². The lowest BCUT2D eigenvalue weighted by Crippen LogP contribution is -2.09. The van der Waals surface area contributed by atoms with Crippen molar-refractivity contribution in [2.24, 2.45) is 0 Å². The molecule has 0 bridgehead atoms. The number of ether oxygens (including phenoxy) is 3. The normalized spacial score (nSPS) is 9.90. The molecule has 2 N–H and O–H groups in total. The van der Waals surface area contributed by atoms with Crippen molar-refractivity contribution in [3.8, 4) is 5.75 Å². The van der Waals surface area contributed by atoms with Crippen molar-refractivity contribution in [2.75, 3.05) is 26.1 Å². The fourth-order valence-electron chi connectivity index (χ4n) is 1.53. The first kappa shape index (κ1) is 15.8. The van der Waals surface area contributed by atoms with Crippen molar-refractivity contribution in [1.29, 1.82) is 0 Å². The number of nitrogens with two attached hydrogens (primary N) is 1. The highest BCUT2D eigenvalue weighted by molar-refractivity contribution is 5.91. The van der Waals surface area contributed by atoms with Gasteiger partial charge in [-0.3, -0.25) is 4.79 Å².